The Morgan fingerprint density at radius 3 is 2.62 bits per heavy atom. The van der Waals surface area contributed by atoms with Gasteiger partial charge < -0.3 is 4.57 Å². The molecule has 1 aliphatic heterocycles. The first-order valence-electron chi connectivity index (χ1n) is 9.67. The van der Waals surface area contributed by atoms with Crippen LogP contribution in [0.1, 0.15) is 36.2 Å². The molecule has 0 amide bonds. The summed E-state index contributed by atoms with van der Waals surface area (Å²) in [5.41, 5.74) is 3.09. The van der Waals surface area contributed by atoms with Gasteiger partial charge in [0.2, 0.25) is 0 Å². The molecule has 3 aromatic rings. The number of hydrogen-bond donors (Lipinski definition) is 1. The lowest BCUT2D eigenvalue weighted by molar-refractivity contribution is 0.601. The number of aryl methyl sites for hydroxylation is 3. The molecule has 4 rings (SSSR count). The maximum absolute atomic E-state index is 12.8. The van der Waals surface area contributed by atoms with Crippen LogP contribution in [0.2, 0.25) is 5.02 Å². The molecule has 0 fully saturated rings. The third kappa shape index (κ3) is 4.02. The summed E-state index contributed by atoms with van der Waals surface area (Å²) in [5.74, 6) is 1.63. The van der Waals surface area contributed by atoms with Crippen LogP contribution in [0.4, 0.5) is 5.69 Å². The molecule has 6 nitrogen and oxygen atoms in total. The first kappa shape index (κ1) is 19.9. The highest BCUT2D eigenvalue weighted by molar-refractivity contribution is 7.92. The normalized spacial score (nSPS) is 14.3. The third-order valence-electron chi connectivity index (χ3n) is 5.36. The van der Waals surface area contributed by atoms with Crippen molar-refractivity contribution in [3.8, 4) is 11.4 Å². The van der Waals surface area contributed by atoms with E-state index in [1.807, 2.05) is 19.9 Å². The SMILES string of the molecule is Cc1ccc(S(=O)(=O)Nc2ccc(Cl)c(-c3nnc4n3CCCCC4)c2)cc1C. The summed E-state index contributed by atoms with van der Waals surface area (Å²) >= 11 is 6.44. The number of sulfonamides is 1. The van der Waals surface area contributed by atoms with E-state index in [-0.39, 0.29) is 4.90 Å². The van der Waals surface area contributed by atoms with Crippen molar-refractivity contribution < 1.29 is 8.42 Å². The summed E-state index contributed by atoms with van der Waals surface area (Å²) in [4.78, 5) is 0.230. The van der Waals surface area contributed by atoms with E-state index >= 15 is 0 Å². The molecule has 1 N–H and O–H groups in total. The van der Waals surface area contributed by atoms with Crippen LogP contribution in [0.25, 0.3) is 11.4 Å². The fraction of sp³-hybridized carbons (Fsp3) is 0.333. The Bertz CT molecular complexity index is 1170. The van der Waals surface area contributed by atoms with E-state index in [0.717, 1.165) is 49.2 Å². The molecule has 1 aliphatic rings. The summed E-state index contributed by atoms with van der Waals surface area (Å²) in [6, 6.07) is 10.2. The number of anilines is 1. The molecular formula is C21H23ClN4O2S. The van der Waals surface area contributed by atoms with Crippen LogP contribution in [-0.4, -0.2) is 23.2 Å². The Morgan fingerprint density at radius 2 is 1.83 bits per heavy atom. The summed E-state index contributed by atoms with van der Waals surface area (Å²) in [6.45, 7) is 4.68. The Morgan fingerprint density at radius 1 is 1.00 bits per heavy atom. The number of nitrogens with zero attached hydrogens (tertiary/aromatic N) is 3. The molecule has 0 aliphatic carbocycles. The molecule has 1 aromatic heterocycles. The number of nitrogens with one attached hydrogen (secondary N) is 1. The number of fused-ring (bicyclic) bond motifs is 1. The second-order valence-corrected chi connectivity index (χ2v) is 9.54. The van der Waals surface area contributed by atoms with Crippen LogP contribution in [0.5, 0.6) is 0 Å². The topological polar surface area (TPSA) is 76.9 Å². The monoisotopic (exact) mass is 430 g/mol. The van der Waals surface area contributed by atoms with Crippen molar-refractivity contribution >= 4 is 27.3 Å². The molecule has 2 aromatic carbocycles. The summed E-state index contributed by atoms with van der Waals surface area (Å²) in [7, 11) is -3.71. The van der Waals surface area contributed by atoms with Crippen LogP contribution < -0.4 is 4.72 Å². The maximum Gasteiger partial charge on any atom is 0.261 e. The van der Waals surface area contributed by atoms with Gasteiger partial charge in [0.25, 0.3) is 10.0 Å². The summed E-state index contributed by atoms with van der Waals surface area (Å²) in [5, 5.41) is 9.17. The molecule has 0 atom stereocenters. The van der Waals surface area contributed by atoms with E-state index < -0.39 is 10.0 Å². The number of hydrogen-bond acceptors (Lipinski definition) is 4. The number of benzene rings is 2. The highest BCUT2D eigenvalue weighted by atomic mass is 35.5. The lowest BCUT2D eigenvalue weighted by atomic mass is 10.1. The van der Waals surface area contributed by atoms with E-state index in [1.165, 1.54) is 0 Å². The number of halogens is 1. The predicted octanol–water partition coefficient (Wildman–Crippen LogP) is 4.74. The van der Waals surface area contributed by atoms with Gasteiger partial charge in [0.1, 0.15) is 5.82 Å². The van der Waals surface area contributed by atoms with Gasteiger partial charge in [-0.2, -0.15) is 0 Å². The van der Waals surface area contributed by atoms with E-state index in [4.69, 9.17) is 11.6 Å². The first-order valence-corrected chi connectivity index (χ1v) is 11.5. The van der Waals surface area contributed by atoms with Crippen LogP contribution >= 0.6 is 11.6 Å². The lowest BCUT2D eigenvalue weighted by Gasteiger charge is -2.13. The third-order valence-corrected chi connectivity index (χ3v) is 7.07. The van der Waals surface area contributed by atoms with Gasteiger partial charge in [-0.1, -0.05) is 24.1 Å². The highest BCUT2D eigenvalue weighted by Gasteiger charge is 2.20. The molecule has 0 spiro atoms. The average Bonchev–Trinajstić information content (AvgIpc) is 2.93. The molecule has 29 heavy (non-hydrogen) atoms. The Hall–Kier alpha value is -2.38. The van der Waals surface area contributed by atoms with Gasteiger partial charge in [0.15, 0.2) is 5.82 Å². The molecular weight excluding hydrogens is 408 g/mol. The molecule has 2 heterocycles. The molecule has 0 unspecified atom stereocenters. The molecule has 0 saturated carbocycles. The van der Waals surface area contributed by atoms with Gasteiger partial charge in [-0.25, -0.2) is 8.42 Å². The van der Waals surface area contributed by atoms with Crippen molar-refractivity contribution in [3.63, 3.8) is 0 Å². The van der Waals surface area contributed by atoms with Crippen LogP contribution in [0.3, 0.4) is 0 Å². The van der Waals surface area contributed by atoms with Crippen LogP contribution in [0.15, 0.2) is 41.3 Å². The van der Waals surface area contributed by atoms with Crippen molar-refractivity contribution in [1.29, 1.82) is 0 Å². The van der Waals surface area contributed by atoms with E-state index in [9.17, 15) is 8.42 Å². The van der Waals surface area contributed by atoms with Gasteiger partial charge >= 0.3 is 0 Å². The Labute approximate surface area is 176 Å². The second-order valence-electron chi connectivity index (χ2n) is 7.45. The van der Waals surface area contributed by atoms with Crippen molar-refractivity contribution in [2.24, 2.45) is 0 Å². The largest absolute Gasteiger partial charge is 0.311 e. The van der Waals surface area contributed by atoms with Crippen LogP contribution in [-0.2, 0) is 23.0 Å². The quantitative estimate of drug-likeness (QED) is 0.648. The summed E-state index contributed by atoms with van der Waals surface area (Å²) in [6.07, 6.45) is 4.21. The van der Waals surface area contributed by atoms with E-state index in [2.05, 4.69) is 19.5 Å². The van der Waals surface area contributed by atoms with Crippen molar-refractivity contribution in [1.82, 2.24) is 14.8 Å². The molecule has 0 saturated heterocycles. The lowest BCUT2D eigenvalue weighted by Crippen LogP contribution is -2.13. The molecule has 0 bridgehead atoms. The van der Waals surface area contributed by atoms with Gasteiger partial charge in [0, 0.05) is 24.2 Å². The highest BCUT2D eigenvalue weighted by Crippen LogP contribution is 2.32. The number of rotatable bonds is 4. The number of aromatic nitrogens is 3. The average molecular weight is 431 g/mol. The zero-order chi connectivity index (χ0) is 20.6. The zero-order valence-corrected chi connectivity index (χ0v) is 18.0. The standard InChI is InChI=1S/C21H23ClN4O2S/c1-14-7-9-17(12-15(14)2)29(27,28)25-16-8-10-19(22)18(13-16)21-24-23-20-6-4-3-5-11-26(20)21/h7-10,12-13,25H,3-6,11H2,1-2H3. The van der Waals surface area contributed by atoms with Gasteiger partial charge in [0.05, 0.1) is 9.92 Å². The van der Waals surface area contributed by atoms with Crippen molar-refractivity contribution in [3.05, 3.63) is 58.4 Å². The van der Waals surface area contributed by atoms with E-state index in [1.54, 1.807) is 30.3 Å². The minimum absolute atomic E-state index is 0.230. The van der Waals surface area contributed by atoms with Gasteiger partial charge in [-0.3, -0.25) is 4.72 Å². The summed E-state index contributed by atoms with van der Waals surface area (Å²) < 4.78 is 30.4. The van der Waals surface area contributed by atoms with Gasteiger partial charge in [-0.15, -0.1) is 10.2 Å². The molecule has 152 valence electrons. The van der Waals surface area contributed by atoms with Crippen LogP contribution in [0, 0.1) is 13.8 Å². The minimum Gasteiger partial charge on any atom is -0.311 e. The maximum atomic E-state index is 12.8. The minimum atomic E-state index is -3.71. The fourth-order valence-electron chi connectivity index (χ4n) is 3.54. The Kier molecular flexibility index (Phi) is 5.36. The Balaban J connectivity index is 1.69. The van der Waals surface area contributed by atoms with E-state index in [0.29, 0.717) is 22.1 Å². The van der Waals surface area contributed by atoms with Gasteiger partial charge in [-0.05, 0) is 68.1 Å². The smallest absolute Gasteiger partial charge is 0.261 e. The molecule has 0 radical (unpaired) electrons. The fourth-order valence-corrected chi connectivity index (χ4v) is 4.88. The second kappa shape index (κ2) is 7.80. The zero-order valence-electron chi connectivity index (χ0n) is 16.4. The van der Waals surface area contributed by atoms with Crippen molar-refractivity contribution in [2.75, 3.05) is 4.72 Å². The van der Waals surface area contributed by atoms with Crippen molar-refractivity contribution in [2.45, 2.75) is 51.0 Å². The first-order chi connectivity index (χ1) is 13.8. The predicted molar refractivity (Wildman–Crippen MR) is 115 cm³/mol. The molecule has 8 heteroatoms.